The lowest BCUT2D eigenvalue weighted by atomic mass is 10.1. The Bertz CT molecular complexity index is 1040. The van der Waals surface area contributed by atoms with Crippen LogP contribution in [0.2, 0.25) is 0 Å². The summed E-state index contributed by atoms with van der Waals surface area (Å²) in [6, 6.07) is 3.15. The Hall–Kier alpha value is -3.32. The van der Waals surface area contributed by atoms with E-state index in [-0.39, 0.29) is 48.0 Å². The maximum atomic E-state index is 14.7. The summed E-state index contributed by atoms with van der Waals surface area (Å²) in [5, 5.41) is 12.3. The molecule has 1 fully saturated rings. The molecule has 2 aliphatic heterocycles. The van der Waals surface area contributed by atoms with Crippen molar-refractivity contribution in [2.24, 2.45) is 0 Å². The van der Waals surface area contributed by atoms with Gasteiger partial charge in [-0.25, -0.2) is 24.2 Å². The maximum Gasteiger partial charge on any atom is 0.410 e. The van der Waals surface area contributed by atoms with Gasteiger partial charge in [0.2, 0.25) is 5.88 Å². The van der Waals surface area contributed by atoms with Crippen LogP contribution < -0.4 is 14.5 Å². The molecule has 10 nitrogen and oxygen atoms in total. The molecule has 1 aromatic heterocycles. The number of anilines is 2. The lowest BCUT2D eigenvalue weighted by Crippen LogP contribution is -2.42. The van der Waals surface area contributed by atoms with Crippen molar-refractivity contribution >= 4 is 17.6 Å². The number of aromatic nitrogens is 2. The molecular formula is C21H24F3N5O5. The molecule has 13 heteroatoms. The highest BCUT2D eigenvalue weighted by Gasteiger charge is 2.35. The van der Waals surface area contributed by atoms with Gasteiger partial charge in [-0.2, -0.15) is 8.78 Å². The van der Waals surface area contributed by atoms with Crippen LogP contribution in [0.1, 0.15) is 32.3 Å². The van der Waals surface area contributed by atoms with Gasteiger partial charge in [-0.15, -0.1) is 0 Å². The fraction of sp³-hybridized carbons (Fsp3) is 0.476. The Morgan fingerprint density at radius 2 is 1.94 bits per heavy atom. The summed E-state index contributed by atoms with van der Waals surface area (Å²) < 4.78 is 54.9. The van der Waals surface area contributed by atoms with Crippen molar-refractivity contribution in [1.29, 1.82) is 0 Å². The second-order valence-corrected chi connectivity index (χ2v) is 8.05. The van der Waals surface area contributed by atoms with E-state index in [0.29, 0.717) is 31.5 Å². The monoisotopic (exact) mass is 483 g/mol. The largest absolute Gasteiger partial charge is 0.474 e. The zero-order valence-electron chi connectivity index (χ0n) is 18.5. The van der Waals surface area contributed by atoms with Crippen LogP contribution >= 0.6 is 0 Å². The molecule has 2 aromatic rings. The minimum Gasteiger partial charge on any atom is -0.474 e. The number of nitrogens with zero attached hydrogens (tertiary/aromatic N) is 5. The van der Waals surface area contributed by atoms with Gasteiger partial charge in [0, 0.05) is 32.0 Å². The third-order valence-corrected chi connectivity index (χ3v) is 5.30. The first-order valence-electron chi connectivity index (χ1n) is 10.7. The summed E-state index contributed by atoms with van der Waals surface area (Å²) in [5.74, 6) is -0.832. The van der Waals surface area contributed by atoms with Gasteiger partial charge in [0.05, 0.1) is 23.9 Å². The molecule has 34 heavy (non-hydrogen) atoms. The van der Waals surface area contributed by atoms with E-state index in [1.165, 1.54) is 12.4 Å². The van der Waals surface area contributed by atoms with Gasteiger partial charge in [-0.3, -0.25) is 5.21 Å². The normalized spacial score (nSPS) is 16.8. The van der Waals surface area contributed by atoms with Crippen molar-refractivity contribution in [3.63, 3.8) is 0 Å². The number of halogens is 3. The van der Waals surface area contributed by atoms with E-state index < -0.39 is 12.4 Å². The van der Waals surface area contributed by atoms with Crippen molar-refractivity contribution in [1.82, 2.24) is 20.0 Å². The topological polar surface area (TPSA) is 100 Å². The number of benzene rings is 1. The molecule has 0 atom stereocenters. The van der Waals surface area contributed by atoms with Crippen molar-refractivity contribution in [3.05, 3.63) is 35.9 Å². The number of carbonyl (C=O) groups excluding carboxylic acids is 1. The molecule has 1 saturated heterocycles. The fourth-order valence-corrected chi connectivity index (χ4v) is 3.80. The second kappa shape index (κ2) is 9.89. The summed E-state index contributed by atoms with van der Waals surface area (Å²) in [6.45, 7) is 1.32. The van der Waals surface area contributed by atoms with Crippen LogP contribution in [0.3, 0.4) is 0 Å². The SMILES string of the molecule is CC(C)OC(=O)N1CCC(Oc2ncnc3c2CN(O)N3c2ccc(OC(F)F)cc2F)CC1. The molecule has 184 valence electrons. The van der Waals surface area contributed by atoms with Gasteiger partial charge in [-0.05, 0) is 26.0 Å². The standard InChI is InChI=1S/C21H24F3N5O5/c1-12(2)32-21(30)27-7-5-13(6-8-27)33-19-15-10-28(31)29(18(15)25-11-26-19)17-4-3-14(9-16(17)22)34-20(23)24/h3-4,9,11-13,20,31H,5-8,10H2,1-2H3. The minimum atomic E-state index is -3.09. The summed E-state index contributed by atoms with van der Waals surface area (Å²) >= 11 is 0. The van der Waals surface area contributed by atoms with Gasteiger partial charge >= 0.3 is 12.7 Å². The summed E-state index contributed by atoms with van der Waals surface area (Å²) in [7, 11) is 0. The number of hydrogen-bond acceptors (Lipinski definition) is 9. The van der Waals surface area contributed by atoms with Gasteiger partial charge in [0.15, 0.2) is 11.6 Å². The van der Waals surface area contributed by atoms with E-state index in [4.69, 9.17) is 9.47 Å². The zero-order valence-corrected chi connectivity index (χ0v) is 18.5. The first-order chi connectivity index (χ1) is 16.2. The van der Waals surface area contributed by atoms with Gasteiger partial charge in [0.25, 0.3) is 0 Å². The highest BCUT2D eigenvalue weighted by atomic mass is 19.3. The Balaban J connectivity index is 1.47. The predicted molar refractivity (Wildman–Crippen MR) is 111 cm³/mol. The van der Waals surface area contributed by atoms with Crippen LogP contribution in [-0.2, 0) is 11.3 Å². The van der Waals surface area contributed by atoms with E-state index in [0.717, 1.165) is 22.3 Å². The van der Waals surface area contributed by atoms with Crippen LogP contribution in [0.5, 0.6) is 11.6 Å². The minimum absolute atomic E-state index is 0.0835. The van der Waals surface area contributed by atoms with E-state index in [2.05, 4.69) is 14.7 Å². The Morgan fingerprint density at radius 1 is 1.21 bits per heavy atom. The lowest BCUT2D eigenvalue weighted by Gasteiger charge is -2.31. The molecule has 1 amide bonds. The number of ether oxygens (including phenoxy) is 3. The molecule has 1 aromatic carbocycles. The summed E-state index contributed by atoms with van der Waals surface area (Å²) in [5.41, 5.74) is 0.309. The zero-order chi connectivity index (χ0) is 24.4. The molecule has 3 heterocycles. The van der Waals surface area contributed by atoms with Crippen molar-refractivity contribution in [2.75, 3.05) is 18.1 Å². The number of likely N-dealkylation sites (tertiary alicyclic amines) is 1. The third kappa shape index (κ3) is 5.09. The fourth-order valence-electron chi connectivity index (χ4n) is 3.80. The Labute approximate surface area is 193 Å². The molecule has 0 radical (unpaired) electrons. The van der Waals surface area contributed by atoms with Gasteiger partial charge in [-0.1, -0.05) is 5.17 Å². The number of hydroxylamine groups is 1. The predicted octanol–water partition coefficient (Wildman–Crippen LogP) is 3.86. The van der Waals surface area contributed by atoms with Crippen LogP contribution in [0, 0.1) is 5.82 Å². The molecule has 0 saturated carbocycles. The number of alkyl halides is 2. The first kappa shape index (κ1) is 23.8. The third-order valence-electron chi connectivity index (χ3n) is 5.30. The molecular weight excluding hydrogens is 459 g/mol. The van der Waals surface area contributed by atoms with Crippen LogP contribution in [0.15, 0.2) is 24.5 Å². The number of fused-ring (bicyclic) bond motifs is 1. The Morgan fingerprint density at radius 3 is 2.59 bits per heavy atom. The summed E-state index contributed by atoms with van der Waals surface area (Å²) in [6.07, 6.45) is 1.53. The maximum absolute atomic E-state index is 14.7. The number of rotatable bonds is 6. The molecule has 0 aliphatic carbocycles. The average molecular weight is 483 g/mol. The molecule has 0 bridgehead atoms. The average Bonchev–Trinajstić information content (AvgIpc) is 3.10. The van der Waals surface area contributed by atoms with Crippen LogP contribution in [0.4, 0.5) is 29.5 Å². The van der Waals surface area contributed by atoms with Crippen LogP contribution in [-0.4, -0.2) is 63.2 Å². The van der Waals surface area contributed by atoms with E-state index in [9.17, 15) is 23.2 Å². The second-order valence-electron chi connectivity index (χ2n) is 8.05. The molecule has 2 aliphatic rings. The van der Waals surface area contributed by atoms with Gasteiger partial charge < -0.3 is 19.1 Å². The Kier molecular flexibility index (Phi) is 6.93. The van der Waals surface area contributed by atoms with E-state index in [1.54, 1.807) is 18.7 Å². The smallest absolute Gasteiger partial charge is 0.410 e. The highest BCUT2D eigenvalue weighted by Crippen LogP contribution is 2.40. The van der Waals surface area contributed by atoms with Crippen LogP contribution in [0.25, 0.3) is 0 Å². The summed E-state index contributed by atoms with van der Waals surface area (Å²) in [4.78, 5) is 22.0. The quantitative estimate of drug-likeness (QED) is 0.656. The van der Waals surface area contributed by atoms with Gasteiger partial charge in [0.1, 0.15) is 18.2 Å². The highest BCUT2D eigenvalue weighted by molar-refractivity contribution is 5.68. The van der Waals surface area contributed by atoms with E-state index in [1.807, 2.05) is 0 Å². The number of piperidine rings is 1. The molecule has 0 spiro atoms. The van der Waals surface area contributed by atoms with Crippen molar-refractivity contribution in [2.45, 2.75) is 52.1 Å². The molecule has 1 N–H and O–H groups in total. The van der Waals surface area contributed by atoms with Crippen molar-refractivity contribution < 1.29 is 37.4 Å². The number of carbonyl (C=O) groups is 1. The first-order valence-corrected chi connectivity index (χ1v) is 10.7. The number of hydrazine groups is 1. The lowest BCUT2D eigenvalue weighted by molar-refractivity contribution is -0.0919. The number of hydrogen-bond donors (Lipinski definition) is 1. The number of amides is 1. The molecule has 4 rings (SSSR count). The van der Waals surface area contributed by atoms with Crippen molar-refractivity contribution in [3.8, 4) is 11.6 Å². The van der Waals surface area contributed by atoms with E-state index >= 15 is 0 Å². The molecule has 0 unspecified atom stereocenters.